The van der Waals surface area contributed by atoms with Crippen LogP contribution in [0.4, 0.5) is 5.69 Å². The highest BCUT2D eigenvalue weighted by atomic mass is 32.2. The fraction of sp³-hybridized carbons (Fsp3) is 0.300. The molecule has 1 amide bonds. The van der Waals surface area contributed by atoms with Gasteiger partial charge in [0, 0.05) is 0 Å². The van der Waals surface area contributed by atoms with Crippen molar-refractivity contribution in [2.45, 2.75) is 0 Å². The Bertz CT molecular complexity index is 354. The molecule has 0 saturated carbocycles. The van der Waals surface area contributed by atoms with Gasteiger partial charge in [0.2, 0.25) is 5.91 Å². The highest BCUT2D eigenvalue weighted by Gasteiger charge is 2.24. The number of para-hydroxylation sites is 2. The van der Waals surface area contributed by atoms with E-state index in [4.69, 9.17) is 4.74 Å². The number of nitrogens with zero attached hydrogens (tertiary/aromatic N) is 1. The average molecular weight is 209 g/mol. The van der Waals surface area contributed by atoms with Gasteiger partial charge in [-0.05, 0) is 12.1 Å². The molecule has 14 heavy (non-hydrogen) atoms. The van der Waals surface area contributed by atoms with E-state index in [2.05, 4.69) is 0 Å². The number of benzene rings is 1. The van der Waals surface area contributed by atoms with Crippen molar-refractivity contribution in [1.29, 1.82) is 0 Å². The van der Waals surface area contributed by atoms with E-state index in [9.17, 15) is 4.79 Å². The lowest BCUT2D eigenvalue weighted by atomic mass is 10.2. The van der Waals surface area contributed by atoms with Gasteiger partial charge < -0.3 is 4.74 Å². The molecular formula is C10H11NO2S. The van der Waals surface area contributed by atoms with Gasteiger partial charge in [0.25, 0.3) is 0 Å². The largest absolute Gasteiger partial charge is 0.495 e. The fourth-order valence-corrected chi connectivity index (χ4v) is 2.32. The Kier molecular flexibility index (Phi) is 2.63. The minimum atomic E-state index is 0.152. The monoisotopic (exact) mass is 209 g/mol. The number of carbonyl (C=O) groups excluding carboxylic acids is 1. The van der Waals surface area contributed by atoms with Gasteiger partial charge >= 0.3 is 0 Å². The highest BCUT2D eigenvalue weighted by molar-refractivity contribution is 8.00. The number of thioether (sulfide) groups is 1. The number of anilines is 1. The van der Waals surface area contributed by atoms with Crippen LogP contribution >= 0.6 is 11.8 Å². The number of rotatable bonds is 2. The Morgan fingerprint density at radius 1 is 1.43 bits per heavy atom. The number of hydrogen-bond acceptors (Lipinski definition) is 3. The van der Waals surface area contributed by atoms with Gasteiger partial charge in [0.05, 0.1) is 24.4 Å². The Morgan fingerprint density at radius 3 is 2.86 bits per heavy atom. The summed E-state index contributed by atoms with van der Waals surface area (Å²) in [5, 5.41) is 0. The van der Waals surface area contributed by atoms with Crippen LogP contribution in [0.1, 0.15) is 0 Å². The summed E-state index contributed by atoms with van der Waals surface area (Å²) in [7, 11) is 1.62. The van der Waals surface area contributed by atoms with Gasteiger partial charge in [0.1, 0.15) is 5.75 Å². The molecule has 0 aromatic heterocycles. The molecule has 0 bridgehead atoms. The topological polar surface area (TPSA) is 29.5 Å². The number of ether oxygens (including phenoxy) is 1. The molecule has 1 aliphatic rings. The molecule has 0 atom stereocenters. The van der Waals surface area contributed by atoms with Gasteiger partial charge in [-0.3, -0.25) is 9.69 Å². The van der Waals surface area contributed by atoms with E-state index < -0.39 is 0 Å². The smallest absolute Gasteiger partial charge is 0.237 e. The van der Waals surface area contributed by atoms with Crippen molar-refractivity contribution in [2.75, 3.05) is 23.6 Å². The Hall–Kier alpha value is -1.16. The van der Waals surface area contributed by atoms with E-state index in [1.165, 1.54) is 0 Å². The molecule has 1 saturated heterocycles. The van der Waals surface area contributed by atoms with Crippen LogP contribution in [0.25, 0.3) is 0 Å². The number of hydrogen-bond donors (Lipinski definition) is 0. The summed E-state index contributed by atoms with van der Waals surface area (Å²) >= 11 is 1.63. The van der Waals surface area contributed by atoms with E-state index in [1.807, 2.05) is 24.3 Å². The van der Waals surface area contributed by atoms with Gasteiger partial charge in [-0.15, -0.1) is 11.8 Å². The lowest BCUT2D eigenvalue weighted by Crippen LogP contribution is -2.25. The first-order chi connectivity index (χ1) is 6.83. The molecular weight excluding hydrogens is 198 g/mol. The summed E-state index contributed by atoms with van der Waals surface area (Å²) in [6, 6.07) is 7.58. The van der Waals surface area contributed by atoms with Crippen molar-refractivity contribution in [2.24, 2.45) is 0 Å². The molecule has 4 heteroatoms. The number of methoxy groups -OCH3 is 1. The maximum atomic E-state index is 11.5. The van der Waals surface area contributed by atoms with Crippen LogP contribution in [0.15, 0.2) is 24.3 Å². The molecule has 1 aliphatic heterocycles. The van der Waals surface area contributed by atoms with Crippen LogP contribution in [-0.2, 0) is 4.79 Å². The molecule has 0 aliphatic carbocycles. The summed E-state index contributed by atoms with van der Waals surface area (Å²) in [6.45, 7) is 0. The third-order valence-corrected chi connectivity index (χ3v) is 3.01. The molecule has 0 radical (unpaired) electrons. The minimum absolute atomic E-state index is 0.152. The predicted octanol–water partition coefficient (Wildman–Crippen LogP) is 1.73. The van der Waals surface area contributed by atoms with Crippen molar-refractivity contribution in [1.82, 2.24) is 0 Å². The lowest BCUT2D eigenvalue weighted by molar-refractivity contribution is -0.115. The second-order valence-corrected chi connectivity index (χ2v) is 3.93. The van der Waals surface area contributed by atoms with Crippen LogP contribution in [0.2, 0.25) is 0 Å². The molecule has 2 rings (SSSR count). The summed E-state index contributed by atoms with van der Waals surface area (Å²) in [4.78, 5) is 13.2. The first-order valence-electron chi connectivity index (χ1n) is 4.34. The van der Waals surface area contributed by atoms with Crippen molar-refractivity contribution in [3.63, 3.8) is 0 Å². The number of carbonyl (C=O) groups is 1. The Labute approximate surface area is 87.0 Å². The molecule has 1 aromatic carbocycles. The molecule has 1 fully saturated rings. The molecule has 0 N–H and O–H groups in total. The average Bonchev–Trinajstić information content (AvgIpc) is 2.64. The molecule has 1 aromatic rings. The third-order valence-electron chi connectivity index (χ3n) is 2.12. The normalized spacial score (nSPS) is 16.1. The Balaban J connectivity index is 2.35. The molecule has 1 heterocycles. The van der Waals surface area contributed by atoms with Crippen LogP contribution in [-0.4, -0.2) is 24.6 Å². The van der Waals surface area contributed by atoms with Gasteiger partial charge in [-0.2, -0.15) is 0 Å². The SMILES string of the molecule is COc1ccccc1N1CSCC1=O. The maximum Gasteiger partial charge on any atom is 0.237 e. The first-order valence-corrected chi connectivity index (χ1v) is 5.49. The second-order valence-electron chi connectivity index (χ2n) is 2.97. The lowest BCUT2D eigenvalue weighted by Gasteiger charge is -2.17. The van der Waals surface area contributed by atoms with Crippen molar-refractivity contribution < 1.29 is 9.53 Å². The summed E-state index contributed by atoms with van der Waals surface area (Å²) in [5.74, 6) is 2.19. The summed E-state index contributed by atoms with van der Waals surface area (Å²) in [6.07, 6.45) is 0. The summed E-state index contributed by atoms with van der Waals surface area (Å²) in [5.41, 5.74) is 0.866. The van der Waals surface area contributed by atoms with Crippen LogP contribution in [0.3, 0.4) is 0 Å². The van der Waals surface area contributed by atoms with E-state index in [0.29, 0.717) is 5.75 Å². The van der Waals surface area contributed by atoms with E-state index >= 15 is 0 Å². The van der Waals surface area contributed by atoms with Crippen molar-refractivity contribution in [3.05, 3.63) is 24.3 Å². The molecule has 74 valence electrons. The van der Waals surface area contributed by atoms with Crippen molar-refractivity contribution >= 4 is 23.4 Å². The summed E-state index contributed by atoms with van der Waals surface area (Å²) < 4.78 is 5.20. The van der Waals surface area contributed by atoms with E-state index in [-0.39, 0.29) is 5.91 Å². The van der Waals surface area contributed by atoms with Gasteiger partial charge in [-0.1, -0.05) is 12.1 Å². The molecule has 3 nitrogen and oxygen atoms in total. The zero-order valence-corrected chi connectivity index (χ0v) is 8.71. The fourth-order valence-electron chi connectivity index (χ4n) is 1.43. The zero-order chi connectivity index (χ0) is 9.97. The molecule has 0 unspecified atom stereocenters. The standard InChI is InChI=1S/C10H11NO2S/c1-13-9-5-3-2-4-8(9)11-7-14-6-10(11)12/h2-5H,6-7H2,1H3. The van der Waals surface area contributed by atoms with E-state index in [1.54, 1.807) is 23.8 Å². The number of amides is 1. The highest BCUT2D eigenvalue weighted by Crippen LogP contribution is 2.31. The van der Waals surface area contributed by atoms with Gasteiger partial charge in [0.15, 0.2) is 0 Å². The maximum absolute atomic E-state index is 11.5. The minimum Gasteiger partial charge on any atom is -0.495 e. The van der Waals surface area contributed by atoms with Crippen molar-refractivity contribution in [3.8, 4) is 5.75 Å². The zero-order valence-electron chi connectivity index (χ0n) is 7.90. The first kappa shape index (κ1) is 9.40. The van der Waals surface area contributed by atoms with Gasteiger partial charge in [-0.25, -0.2) is 0 Å². The van der Waals surface area contributed by atoms with Crippen LogP contribution < -0.4 is 9.64 Å². The second kappa shape index (κ2) is 3.92. The van der Waals surface area contributed by atoms with Crippen LogP contribution in [0, 0.1) is 0 Å². The quantitative estimate of drug-likeness (QED) is 0.743. The Morgan fingerprint density at radius 2 is 2.21 bits per heavy atom. The third kappa shape index (κ3) is 1.57. The predicted molar refractivity (Wildman–Crippen MR) is 57.8 cm³/mol. The van der Waals surface area contributed by atoms with Crippen LogP contribution in [0.5, 0.6) is 5.75 Å². The van der Waals surface area contributed by atoms with E-state index in [0.717, 1.165) is 17.3 Å². The molecule has 0 spiro atoms.